The van der Waals surface area contributed by atoms with Crippen molar-refractivity contribution in [1.82, 2.24) is 0 Å². The molecule has 2 heterocycles. The molecule has 10 atom stereocenters. The van der Waals surface area contributed by atoms with Crippen LogP contribution in [-0.2, 0) is 90.5 Å². The smallest absolute Gasteiger partial charge is 0.305 e. The summed E-state index contributed by atoms with van der Waals surface area (Å²) in [4.78, 5) is 96.3. The van der Waals surface area contributed by atoms with Crippen LogP contribution in [0.5, 0.6) is 0 Å². The van der Waals surface area contributed by atoms with Crippen molar-refractivity contribution >= 4 is 47.8 Å². The zero-order chi connectivity index (χ0) is 35.6. The third-order valence-electron chi connectivity index (χ3n) is 6.17. The van der Waals surface area contributed by atoms with Gasteiger partial charge in [0.2, 0.25) is 6.29 Å². The molecule has 264 valence electrons. The topological polar surface area (TPSA) is 238 Å². The molecular formula is C28H38O19. The van der Waals surface area contributed by atoms with Gasteiger partial charge in [0.05, 0.1) is 0 Å². The van der Waals surface area contributed by atoms with Crippen LogP contribution >= 0.6 is 0 Å². The van der Waals surface area contributed by atoms with Crippen LogP contribution in [0.2, 0.25) is 0 Å². The summed E-state index contributed by atoms with van der Waals surface area (Å²) in [6, 6.07) is 0. The van der Waals surface area contributed by atoms with E-state index in [0.29, 0.717) is 0 Å². The van der Waals surface area contributed by atoms with Gasteiger partial charge >= 0.3 is 47.8 Å². The van der Waals surface area contributed by atoms with Gasteiger partial charge in [0, 0.05) is 55.4 Å². The van der Waals surface area contributed by atoms with E-state index in [0.717, 1.165) is 55.4 Å². The van der Waals surface area contributed by atoms with Gasteiger partial charge in [0.25, 0.3) is 0 Å². The zero-order valence-corrected chi connectivity index (χ0v) is 26.9. The largest absolute Gasteiger partial charge is 0.463 e. The Morgan fingerprint density at radius 2 is 0.702 bits per heavy atom. The van der Waals surface area contributed by atoms with Gasteiger partial charge in [-0.1, -0.05) is 0 Å². The van der Waals surface area contributed by atoms with E-state index < -0.39 is 122 Å². The van der Waals surface area contributed by atoms with Crippen LogP contribution in [0.1, 0.15) is 55.4 Å². The van der Waals surface area contributed by atoms with Crippen LogP contribution in [0.3, 0.4) is 0 Å². The van der Waals surface area contributed by atoms with Gasteiger partial charge in [0.15, 0.2) is 42.9 Å². The quantitative estimate of drug-likeness (QED) is 0.181. The fourth-order valence-corrected chi connectivity index (χ4v) is 4.73. The first-order valence-corrected chi connectivity index (χ1v) is 14.2. The van der Waals surface area contributed by atoms with E-state index >= 15 is 0 Å². The van der Waals surface area contributed by atoms with Gasteiger partial charge in [-0.05, 0) is 0 Å². The first-order chi connectivity index (χ1) is 21.9. The van der Waals surface area contributed by atoms with Crippen molar-refractivity contribution in [3.8, 4) is 0 Å². The normalized spacial score (nSPS) is 30.0. The molecule has 0 aromatic heterocycles. The van der Waals surface area contributed by atoms with Crippen LogP contribution in [0.25, 0.3) is 0 Å². The Bertz CT molecular complexity index is 1200. The van der Waals surface area contributed by atoms with Crippen molar-refractivity contribution in [2.24, 2.45) is 0 Å². The minimum Gasteiger partial charge on any atom is -0.463 e. The van der Waals surface area contributed by atoms with Gasteiger partial charge < -0.3 is 52.1 Å². The van der Waals surface area contributed by atoms with E-state index in [4.69, 9.17) is 52.1 Å². The second-order valence-corrected chi connectivity index (χ2v) is 10.3. The average molecular weight is 679 g/mol. The third kappa shape index (κ3) is 12.1. The van der Waals surface area contributed by atoms with Gasteiger partial charge in [-0.2, -0.15) is 0 Å². The number of esters is 8. The van der Waals surface area contributed by atoms with Crippen molar-refractivity contribution < 1.29 is 90.5 Å². The van der Waals surface area contributed by atoms with Crippen LogP contribution in [0.15, 0.2) is 0 Å². The van der Waals surface area contributed by atoms with Crippen LogP contribution in [0, 0.1) is 0 Å². The van der Waals surface area contributed by atoms with E-state index in [1.165, 1.54) is 0 Å². The second-order valence-electron chi connectivity index (χ2n) is 10.3. The Morgan fingerprint density at radius 1 is 0.383 bits per heavy atom. The summed E-state index contributed by atoms with van der Waals surface area (Å²) in [5, 5.41) is 0. The van der Waals surface area contributed by atoms with Crippen molar-refractivity contribution in [3.05, 3.63) is 0 Å². The van der Waals surface area contributed by atoms with Crippen molar-refractivity contribution in [2.75, 3.05) is 13.2 Å². The van der Waals surface area contributed by atoms with Crippen LogP contribution in [0.4, 0.5) is 0 Å². The van der Waals surface area contributed by atoms with Crippen LogP contribution in [-0.4, -0.2) is 122 Å². The van der Waals surface area contributed by atoms with E-state index in [2.05, 4.69) is 0 Å². The molecule has 0 amide bonds. The van der Waals surface area contributed by atoms with E-state index in [-0.39, 0.29) is 0 Å². The Hall–Kier alpha value is -4.36. The average Bonchev–Trinajstić information content (AvgIpc) is 2.91. The summed E-state index contributed by atoms with van der Waals surface area (Å²) in [7, 11) is 0. The zero-order valence-electron chi connectivity index (χ0n) is 26.9. The lowest BCUT2D eigenvalue weighted by Gasteiger charge is -2.48. The lowest BCUT2D eigenvalue weighted by molar-refractivity contribution is -0.363. The minimum absolute atomic E-state index is 0.561. The molecule has 0 N–H and O–H groups in total. The molecule has 2 rings (SSSR count). The maximum atomic E-state index is 12.3. The Kier molecular flexibility index (Phi) is 14.5. The summed E-state index contributed by atoms with van der Waals surface area (Å²) in [6.45, 7) is 7.10. The molecule has 0 radical (unpaired) electrons. The molecule has 0 saturated carbocycles. The SMILES string of the molecule is CC(=O)OC[C@H]1O[C@H](O[C@@H]2C(OC(C)=O)O[C@H](COC(C)=O)[C@@H](OC(C)=O)[C@@H]2OC(C)=O)[C@@H](OC(C)=O)[C@@H](OC(C)=O)[C@@H]1OC(C)=O. The number of rotatable bonds is 12. The predicted molar refractivity (Wildman–Crippen MR) is 145 cm³/mol. The Labute approximate surface area is 268 Å². The fourth-order valence-electron chi connectivity index (χ4n) is 4.73. The molecule has 0 spiro atoms. The van der Waals surface area contributed by atoms with E-state index in [1.54, 1.807) is 0 Å². The summed E-state index contributed by atoms with van der Waals surface area (Å²) in [6.07, 6.45) is -16.4. The first kappa shape index (κ1) is 38.8. The summed E-state index contributed by atoms with van der Waals surface area (Å²) in [5.41, 5.74) is 0. The van der Waals surface area contributed by atoms with Gasteiger partial charge in [-0.25, -0.2) is 0 Å². The monoisotopic (exact) mass is 678 g/mol. The Morgan fingerprint density at radius 3 is 1.06 bits per heavy atom. The van der Waals surface area contributed by atoms with Crippen molar-refractivity contribution in [3.63, 3.8) is 0 Å². The Balaban J connectivity index is 2.72. The molecule has 0 aromatic carbocycles. The third-order valence-corrected chi connectivity index (χ3v) is 6.17. The first-order valence-electron chi connectivity index (χ1n) is 14.2. The van der Waals surface area contributed by atoms with E-state index in [9.17, 15) is 38.4 Å². The lowest BCUT2D eigenvalue weighted by atomic mass is 9.96. The van der Waals surface area contributed by atoms with Crippen molar-refractivity contribution in [2.45, 2.75) is 117 Å². The maximum absolute atomic E-state index is 12.3. The van der Waals surface area contributed by atoms with Crippen LogP contribution < -0.4 is 0 Å². The van der Waals surface area contributed by atoms with Crippen molar-refractivity contribution in [1.29, 1.82) is 0 Å². The molecule has 2 aliphatic rings. The molecule has 1 unspecified atom stereocenters. The highest BCUT2D eigenvalue weighted by molar-refractivity contribution is 5.69. The standard InChI is InChI=1S/C28H38O19/c1-11(29)37-9-19-22(40-14(4)32)24(42-16(6)34)26(27(45-19)44-18(8)36)47-28-25(43-17(7)35)23(41-15(5)33)21(39-13(3)31)20(46-28)10-38-12(2)30/h19-28H,9-10H2,1-8H3/t19-,20-,21-,22-,23+,24+,25+,26+,27?,28-/m1/s1. The molecule has 2 aliphatic heterocycles. The highest BCUT2D eigenvalue weighted by Crippen LogP contribution is 2.35. The maximum Gasteiger partial charge on any atom is 0.305 e. The van der Waals surface area contributed by atoms with Gasteiger partial charge in [-0.15, -0.1) is 0 Å². The molecule has 2 saturated heterocycles. The summed E-state index contributed by atoms with van der Waals surface area (Å²) < 4.78 is 60.2. The molecule has 47 heavy (non-hydrogen) atoms. The molecule has 19 nitrogen and oxygen atoms in total. The summed E-state index contributed by atoms with van der Waals surface area (Å²) >= 11 is 0. The summed E-state index contributed by atoms with van der Waals surface area (Å²) in [5.74, 6) is -7.02. The molecule has 0 aliphatic carbocycles. The lowest BCUT2D eigenvalue weighted by Crippen LogP contribution is -2.67. The molecule has 19 heteroatoms. The highest BCUT2D eigenvalue weighted by atomic mass is 16.8. The number of carbonyl (C=O) groups excluding carboxylic acids is 8. The number of carbonyl (C=O) groups is 8. The number of hydrogen-bond donors (Lipinski definition) is 0. The minimum atomic E-state index is -1.86. The van der Waals surface area contributed by atoms with E-state index in [1.807, 2.05) is 0 Å². The highest BCUT2D eigenvalue weighted by Gasteiger charge is 2.58. The second kappa shape index (κ2) is 17.5. The molecular weight excluding hydrogens is 640 g/mol. The molecule has 0 bridgehead atoms. The number of hydrogen-bond acceptors (Lipinski definition) is 19. The predicted octanol–water partition coefficient (Wildman–Crippen LogP) is -0.831. The van der Waals surface area contributed by atoms with Gasteiger partial charge in [0.1, 0.15) is 25.4 Å². The fraction of sp³-hybridized carbons (Fsp3) is 0.714. The number of ether oxygens (including phenoxy) is 11. The molecule has 0 aromatic rings. The van der Waals surface area contributed by atoms with Gasteiger partial charge in [-0.3, -0.25) is 38.4 Å². The molecule has 2 fully saturated rings.